The van der Waals surface area contributed by atoms with Crippen LogP contribution in [-0.4, -0.2) is 20.6 Å². The summed E-state index contributed by atoms with van der Waals surface area (Å²) in [5.74, 6) is -1.81. The van der Waals surface area contributed by atoms with Crippen molar-refractivity contribution in [2.24, 2.45) is 0 Å². The van der Waals surface area contributed by atoms with E-state index in [-0.39, 0.29) is 23.1 Å². The highest BCUT2D eigenvalue weighted by atomic mass is 19.1. The molecule has 0 unspecified atom stereocenters. The molecule has 0 saturated carbocycles. The lowest BCUT2D eigenvalue weighted by Gasteiger charge is -2.17. The van der Waals surface area contributed by atoms with Crippen LogP contribution in [0, 0.1) is 5.82 Å². The number of furan rings is 1. The van der Waals surface area contributed by atoms with E-state index in [1.807, 2.05) is 49.4 Å². The number of hydrogen-bond acceptors (Lipinski definition) is 5. The van der Waals surface area contributed by atoms with Gasteiger partial charge in [-0.15, -0.1) is 0 Å². The van der Waals surface area contributed by atoms with Gasteiger partial charge < -0.3 is 14.8 Å². The Bertz CT molecular complexity index is 1610. The average molecular weight is 457 g/mol. The summed E-state index contributed by atoms with van der Waals surface area (Å²) in [6, 6.07) is 19.0. The lowest BCUT2D eigenvalue weighted by atomic mass is 10.0. The third-order valence-electron chi connectivity index (χ3n) is 5.75. The van der Waals surface area contributed by atoms with E-state index >= 15 is 0 Å². The molecule has 0 aliphatic carbocycles. The molecule has 1 atom stereocenters. The van der Waals surface area contributed by atoms with Crippen molar-refractivity contribution in [1.29, 1.82) is 0 Å². The molecule has 5 rings (SSSR count). The monoisotopic (exact) mass is 457 g/mol. The molecule has 0 bridgehead atoms. The Balaban J connectivity index is 1.53. The van der Waals surface area contributed by atoms with Crippen molar-refractivity contribution in [2.45, 2.75) is 19.5 Å². The second-order valence-corrected chi connectivity index (χ2v) is 7.98. The van der Waals surface area contributed by atoms with E-state index in [1.54, 1.807) is 6.07 Å². The quantitative estimate of drug-likeness (QED) is 0.363. The Morgan fingerprint density at radius 3 is 2.62 bits per heavy atom. The first-order valence-corrected chi connectivity index (χ1v) is 10.7. The normalized spacial score (nSPS) is 12.2. The first-order valence-electron chi connectivity index (χ1n) is 10.7. The molecule has 0 spiro atoms. The van der Waals surface area contributed by atoms with Gasteiger partial charge in [0.2, 0.25) is 0 Å². The van der Waals surface area contributed by atoms with Crippen LogP contribution in [0.2, 0.25) is 0 Å². The van der Waals surface area contributed by atoms with E-state index in [9.17, 15) is 19.1 Å². The smallest absolute Gasteiger partial charge is 0.323 e. The first-order chi connectivity index (χ1) is 16.4. The highest BCUT2D eigenvalue weighted by Crippen LogP contribution is 2.31. The summed E-state index contributed by atoms with van der Waals surface area (Å²) in [4.78, 5) is 28.8. The Labute approximate surface area is 193 Å². The summed E-state index contributed by atoms with van der Waals surface area (Å²) in [5.41, 5.74) is 1.99. The van der Waals surface area contributed by atoms with Crippen molar-refractivity contribution in [3.8, 4) is 11.3 Å². The number of aliphatic carboxylic acids is 1. The van der Waals surface area contributed by atoms with Crippen molar-refractivity contribution in [3.05, 3.63) is 94.7 Å². The lowest BCUT2D eigenvalue weighted by molar-refractivity contribution is -0.137. The SMILES string of the molecule is C[C@H](Nc1ncc(-c2ccccc2F)n(CC(=O)O)c1=O)c1ccc2oc3ccccc3c2c1. The molecule has 2 aromatic heterocycles. The minimum absolute atomic E-state index is 0.0222. The van der Waals surface area contributed by atoms with Crippen LogP contribution in [0.3, 0.4) is 0 Å². The minimum atomic E-state index is -1.22. The molecule has 2 N–H and O–H groups in total. The predicted octanol–water partition coefficient (Wildman–Crippen LogP) is 5.21. The number of anilines is 1. The van der Waals surface area contributed by atoms with E-state index in [0.717, 1.165) is 32.1 Å². The number of fused-ring (bicyclic) bond motifs is 3. The third-order valence-corrected chi connectivity index (χ3v) is 5.75. The van der Waals surface area contributed by atoms with Gasteiger partial charge >= 0.3 is 5.97 Å². The number of para-hydroxylation sites is 1. The number of carbonyl (C=O) groups is 1. The number of carboxylic acid groups (broad SMARTS) is 1. The average Bonchev–Trinajstić information content (AvgIpc) is 3.20. The van der Waals surface area contributed by atoms with Gasteiger partial charge in [-0.05, 0) is 42.8 Å². The molecule has 7 nitrogen and oxygen atoms in total. The van der Waals surface area contributed by atoms with Gasteiger partial charge in [0.25, 0.3) is 5.56 Å². The predicted molar refractivity (Wildman–Crippen MR) is 127 cm³/mol. The summed E-state index contributed by atoms with van der Waals surface area (Å²) < 4.78 is 21.2. The molecule has 0 saturated heterocycles. The zero-order valence-corrected chi connectivity index (χ0v) is 18.2. The summed E-state index contributed by atoms with van der Waals surface area (Å²) in [6.45, 7) is 1.25. The van der Waals surface area contributed by atoms with Crippen molar-refractivity contribution in [3.63, 3.8) is 0 Å². The molecule has 0 radical (unpaired) electrons. The molecule has 3 aromatic carbocycles. The van der Waals surface area contributed by atoms with Gasteiger partial charge in [-0.1, -0.05) is 36.4 Å². The van der Waals surface area contributed by atoms with E-state index < -0.39 is 23.9 Å². The maximum absolute atomic E-state index is 14.4. The van der Waals surface area contributed by atoms with Crippen molar-refractivity contribution >= 4 is 33.7 Å². The van der Waals surface area contributed by atoms with Crippen LogP contribution in [0.25, 0.3) is 33.2 Å². The number of nitrogens with zero attached hydrogens (tertiary/aromatic N) is 2. The van der Waals surface area contributed by atoms with Gasteiger partial charge in [0.1, 0.15) is 23.5 Å². The summed E-state index contributed by atoms with van der Waals surface area (Å²) in [7, 11) is 0. The number of benzene rings is 3. The molecular formula is C26H20FN3O4. The fourth-order valence-electron chi connectivity index (χ4n) is 4.06. The van der Waals surface area contributed by atoms with Crippen LogP contribution in [0.4, 0.5) is 10.2 Å². The topological polar surface area (TPSA) is 97.4 Å². The molecule has 2 heterocycles. The maximum Gasteiger partial charge on any atom is 0.323 e. The first kappa shape index (κ1) is 21.4. The minimum Gasteiger partial charge on any atom is -0.480 e. The van der Waals surface area contributed by atoms with Crippen molar-refractivity contribution < 1.29 is 18.7 Å². The van der Waals surface area contributed by atoms with Crippen LogP contribution in [0.1, 0.15) is 18.5 Å². The zero-order chi connectivity index (χ0) is 23.8. The fraction of sp³-hybridized carbons (Fsp3) is 0.115. The number of rotatable bonds is 6. The number of hydrogen-bond donors (Lipinski definition) is 2. The van der Waals surface area contributed by atoms with E-state index in [4.69, 9.17) is 4.42 Å². The summed E-state index contributed by atoms with van der Waals surface area (Å²) in [6.07, 6.45) is 1.31. The highest BCUT2D eigenvalue weighted by Gasteiger charge is 2.18. The van der Waals surface area contributed by atoms with Gasteiger partial charge in [-0.25, -0.2) is 9.37 Å². The number of carboxylic acids is 1. The van der Waals surface area contributed by atoms with Crippen LogP contribution in [0.5, 0.6) is 0 Å². The molecule has 5 aromatic rings. The number of halogens is 1. The van der Waals surface area contributed by atoms with Crippen LogP contribution in [-0.2, 0) is 11.3 Å². The van der Waals surface area contributed by atoms with E-state index in [0.29, 0.717) is 0 Å². The molecule has 34 heavy (non-hydrogen) atoms. The number of aromatic nitrogens is 2. The summed E-state index contributed by atoms with van der Waals surface area (Å²) >= 11 is 0. The Morgan fingerprint density at radius 1 is 1.09 bits per heavy atom. The van der Waals surface area contributed by atoms with Crippen LogP contribution >= 0.6 is 0 Å². The summed E-state index contributed by atoms with van der Waals surface area (Å²) in [5, 5.41) is 14.4. The molecule has 0 fully saturated rings. The fourth-order valence-corrected chi connectivity index (χ4v) is 4.06. The highest BCUT2D eigenvalue weighted by molar-refractivity contribution is 6.05. The molecular weight excluding hydrogens is 437 g/mol. The van der Waals surface area contributed by atoms with Gasteiger partial charge in [0.15, 0.2) is 5.82 Å². The van der Waals surface area contributed by atoms with Gasteiger partial charge in [0.05, 0.1) is 17.9 Å². The lowest BCUT2D eigenvalue weighted by Crippen LogP contribution is -2.29. The molecule has 8 heteroatoms. The second kappa shape index (κ2) is 8.47. The maximum atomic E-state index is 14.4. The van der Waals surface area contributed by atoms with Crippen molar-refractivity contribution in [1.82, 2.24) is 9.55 Å². The van der Waals surface area contributed by atoms with E-state index in [1.165, 1.54) is 24.4 Å². The van der Waals surface area contributed by atoms with Crippen LogP contribution < -0.4 is 10.9 Å². The molecule has 0 amide bonds. The molecule has 170 valence electrons. The second-order valence-electron chi connectivity index (χ2n) is 7.98. The third kappa shape index (κ3) is 3.79. The number of nitrogens with one attached hydrogen (secondary N) is 1. The van der Waals surface area contributed by atoms with Crippen LogP contribution in [0.15, 0.2) is 82.1 Å². The standard InChI is InChI=1S/C26H20FN3O4/c1-15(16-10-11-23-19(12-16)17-6-3-5-9-22(17)34-23)29-25-26(33)30(14-24(31)32)21(13-28-25)18-7-2-4-8-20(18)27/h2-13,15H,14H2,1H3,(H,28,29)(H,31,32)/t15-/m0/s1. The van der Waals surface area contributed by atoms with E-state index in [2.05, 4.69) is 10.3 Å². The Hall–Kier alpha value is -4.46. The van der Waals surface area contributed by atoms with Gasteiger partial charge in [-0.3, -0.25) is 14.2 Å². The van der Waals surface area contributed by atoms with Gasteiger partial charge in [0, 0.05) is 16.3 Å². The Morgan fingerprint density at radius 2 is 1.82 bits per heavy atom. The Kier molecular flexibility index (Phi) is 5.33. The molecule has 0 aliphatic heterocycles. The molecule has 0 aliphatic rings. The van der Waals surface area contributed by atoms with Gasteiger partial charge in [-0.2, -0.15) is 0 Å². The largest absolute Gasteiger partial charge is 0.480 e. The zero-order valence-electron chi connectivity index (χ0n) is 18.2. The van der Waals surface area contributed by atoms with Crippen molar-refractivity contribution in [2.75, 3.05) is 5.32 Å².